The average Bonchev–Trinajstić information content (AvgIpc) is 3.49. The highest BCUT2D eigenvalue weighted by Gasteiger charge is 2.21. The average molecular weight is 484 g/mol. The van der Waals surface area contributed by atoms with Gasteiger partial charge in [-0.1, -0.05) is 12.1 Å². The number of aliphatic hydroxyl groups is 1. The maximum absolute atomic E-state index is 13.7. The summed E-state index contributed by atoms with van der Waals surface area (Å²) in [5, 5.41) is 14.3. The number of amides is 1. The summed E-state index contributed by atoms with van der Waals surface area (Å²) in [5.74, 6) is -0.124. The first kappa shape index (κ1) is 22.3. The number of benzene rings is 3. The Morgan fingerprint density at radius 2 is 1.92 bits per heavy atom. The van der Waals surface area contributed by atoms with Gasteiger partial charge in [0.25, 0.3) is 5.91 Å². The van der Waals surface area contributed by atoms with Crippen molar-refractivity contribution in [3.63, 3.8) is 0 Å². The van der Waals surface area contributed by atoms with E-state index < -0.39 is 5.91 Å². The fourth-order valence-corrected chi connectivity index (χ4v) is 5.17. The lowest BCUT2D eigenvalue weighted by atomic mass is 9.92. The van der Waals surface area contributed by atoms with Gasteiger partial charge in [0.1, 0.15) is 11.6 Å². The van der Waals surface area contributed by atoms with Crippen LogP contribution in [0.1, 0.15) is 36.0 Å². The standard InChI is InChI=1S/C28H26FN5O2/c29-16-4-11-23-25(14-16)33-28(32-23)21-2-1-3-26-20(21)12-13-34(26)18-7-10-22(27(30)36)24(15-18)31-17-5-8-19(35)9-6-17/h1-4,7,10-15,17,19,31,35H,5-6,8-9H2,(H2,30,36)(H,32,33)/t17-,19-. The van der Waals surface area contributed by atoms with E-state index in [0.29, 0.717) is 28.1 Å². The SMILES string of the molecule is NC(=O)c1ccc(-n2ccc3c(-c4nc5ccc(F)cc5[nH]4)cccc32)cc1N[C@H]1CC[C@H](O)CC1. The Bertz CT molecular complexity index is 1600. The van der Waals surface area contributed by atoms with Crippen molar-refractivity contribution in [3.8, 4) is 17.1 Å². The van der Waals surface area contributed by atoms with Crippen LogP contribution in [0, 0.1) is 5.82 Å². The molecular formula is C28H26FN5O2. The van der Waals surface area contributed by atoms with Crippen molar-refractivity contribution in [3.05, 3.63) is 78.2 Å². The van der Waals surface area contributed by atoms with Gasteiger partial charge in [-0.25, -0.2) is 9.37 Å². The second-order valence-corrected chi connectivity index (χ2v) is 9.41. The molecule has 1 fully saturated rings. The topological polar surface area (TPSA) is 109 Å². The largest absolute Gasteiger partial charge is 0.393 e. The summed E-state index contributed by atoms with van der Waals surface area (Å²) in [4.78, 5) is 20.0. The van der Waals surface area contributed by atoms with Gasteiger partial charge in [-0.15, -0.1) is 0 Å². The Morgan fingerprint density at radius 1 is 1.08 bits per heavy atom. The zero-order chi connectivity index (χ0) is 24.8. The highest BCUT2D eigenvalue weighted by molar-refractivity contribution is 6.00. The van der Waals surface area contributed by atoms with E-state index in [1.165, 1.54) is 12.1 Å². The van der Waals surface area contributed by atoms with Crippen LogP contribution in [0.15, 0.2) is 66.9 Å². The fraction of sp³-hybridized carbons (Fsp3) is 0.214. The van der Waals surface area contributed by atoms with Crippen LogP contribution in [0.3, 0.4) is 0 Å². The number of H-pyrrole nitrogens is 1. The highest BCUT2D eigenvalue weighted by Crippen LogP contribution is 2.32. The molecule has 5 N–H and O–H groups in total. The molecule has 2 heterocycles. The number of halogens is 1. The molecule has 1 aliphatic carbocycles. The Morgan fingerprint density at radius 3 is 2.72 bits per heavy atom. The third kappa shape index (κ3) is 3.99. The number of aromatic nitrogens is 3. The van der Waals surface area contributed by atoms with E-state index >= 15 is 0 Å². The van der Waals surface area contributed by atoms with Crippen molar-refractivity contribution in [2.24, 2.45) is 5.73 Å². The number of nitrogens with one attached hydrogen (secondary N) is 2. The van der Waals surface area contributed by atoms with E-state index in [1.807, 2.05) is 42.6 Å². The first-order valence-electron chi connectivity index (χ1n) is 12.1. The number of carbonyl (C=O) groups is 1. The van der Waals surface area contributed by atoms with Gasteiger partial charge in [0, 0.05) is 34.6 Å². The molecule has 36 heavy (non-hydrogen) atoms. The van der Waals surface area contributed by atoms with Gasteiger partial charge in [-0.05, 0) is 74.2 Å². The number of carbonyl (C=O) groups excluding carboxylic acids is 1. The molecular weight excluding hydrogens is 457 g/mol. The van der Waals surface area contributed by atoms with Gasteiger partial charge in [0.2, 0.25) is 0 Å². The van der Waals surface area contributed by atoms with Gasteiger partial charge in [0.05, 0.1) is 28.2 Å². The number of nitrogens with two attached hydrogens (primary N) is 1. The van der Waals surface area contributed by atoms with Crippen molar-refractivity contribution in [1.29, 1.82) is 0 Å². The molecule has 0 saturated heterocycles. The van der Waals surface area contributed by atoms with Crippen molar-refractivity contribution in [2.75, 3.05) is 5.32 Å². The fourth-order valence-electron chi connectivity index (χ4n) is 5.17. The van der Waals surface area contributed by atoms with Crippen molar-refractivity contribution >= 4 is 33.5 Å². The number of primary amides is 1. The number of nitrogens with zero attached hydrogens (tertiary/aromatic N) is 2. The molecule has 5 aromatic rings. The Labute approximate surface area is 206 Å². The molecule has 0 unspecified atom stereocenters. The van der Waals surface area contributed by atoms with Crippen LogP contribution in [0.25, 0.3) is 39.0 Å². The summed E-state index contributed by atoms with van der Waals surface area (Å²) < 4.78 is 15.7. The third-order valence-electron chi connectivity index (χ3n) is 7.04. The van der Waals surface area contributed by atoms with Crippen molar-refractivity contribution < 1.29 is 14.3 Å². The molecule has 6 rings (SSSR count). The van der Waals surface area contributed by atoms with E-state index in [2.05, 4.69) is 19.9 Å². The number of aliphatic hydroxyl groups excluding tert-OH is 1. The zero-order valence-electron chi connectivity index (χ0n) is 19.5. The van der Waals surface area contributed by atoms with Crippen molar-refractivity contribution in [2.45, 2.75) is 37.8 Å². The van der Waals surface area contributed by atoms with Crippen LogP contribution in [0.2, 0.25) is 0 Å². The van der Waals surface area contributed by atoms with Gasteiger partial charge in [-0.3, -0.25) is 4.79 Å². The molecule has 0 bridgehead atoms. The van der Waals surface area contributed by atoms with E-state index in [-0.39, 0.29) is 18.0 Å². The second-order valence-electron chi connectivity index (χ2n) is 9.41. The number of anilines is 1. The quantitative estimate of drug-likeness (QED) is 0.278. The van der Waals surface area contributed by atoms with Gasteiger partial charge in [0.15, 0.2) is 0 Å². The summed E-state index contributed by atoms with van der Waals surface area (Å²) in [6.45, 7) is 0. The molecule has 3 aromatic carbocycles. The Kier molecular flexibility index (Phi) is 5.45. The van der Waals surface area contributed by atoms with Crippen LogP contribution in [-0.2, 0) is 0 Å². The lowest BCUT2D eigenvalue weighted by molar-refractivity contribution is 0.100. The van der Waals surface area contributed by atoms with E-state index in [0.717, 1.165) is 47.8 Å². The second kappa shape index (κ2) is 8.80. The molecule has 2 aromatic heterocycles. The molecule has 0 radical (unpaired) electrons. The normalized spacial score (nSPS) is 18.1. The minimum atomic E-state index is -0.485. The summed E-state index contributed by atoms with van der Waals surface area (Å²) in [6.07, 6.45) is 4.88. The molecule has 1 saturated carbocycles. The number of hydrogen-bond donors (Lipinski definition) is 4. The predicted octanol–water partition coefficient (Wildman–Crippen LogP) is 5.13. The molecule has 7 nitrogen and oxygen atoms in total. The Balaban J connectivity index is 1.40. The predicted molar refractivity (Wildman–Crippen MR) is 139 cm³/mol. The van der Waals surface area contributed by atoms with Gasteiger partial charge in [-0.2, -0.15) is 0 Å². The monoisotopic (exact) mass is 483 g/mol. The van der Waals surface area contributed by atoms with Crippen LogP contribution < -0.4 is 11.1 Å². The number of imidazole rings is 1. The van der Waals surface area contributed by atoms with Gasteiger partial charge < -0.3 is 25.7 Å². The lowest BCUT2D eigenvalue weighted by Crippen LogP contribution is -2.29. The smallest absolute Gasteiger partial charge is 0.250 e. The molecule has 1 amide bonds. The number of hydrogen-bond acceptors (Lipinski definition) is 4. The van der Waals surface area contributed by atoms with E-state index in [1.54, 1.807) is 12.1 Å². The lowest BCUT2D eigenvalue weighted by Gasteiger charge is -2.28. The summed E-state index contributed by atoms with van der Waals surface area (Å²) in [7, 11) is 0. The number of fused-ring (bicyclic) bond motifs is 2. The Hall–Kier alpha value is -4.17. The molecule has 1 aliphatic rings. The van der Waals surface area contributed by atoms with E-state index in [4.69, 9.17) is 5.73 Å². The summed E-state index contributed by atoms with van der Waals surface area (Å²) >= 11 is 0. The zero-order valence-corrected chi connectivity index (χ0v) is 19.5. The van der Waals surface area contributed by atoms with Crippen LogP contribution in [0.5, 0.6) is 0 Å². The molecule has 8 heteroatoms. The minimum Gasteiger partial charge on any atom is -0.393 e. The van der Waals surface area contributed by atoms with Gasteiger partial charge >= 0.3 is 0 Å². The van der Waals surface area contributed by atoms with Crippen molar-refractivity contribution in [1.82, 2.24) is 14.5 Å². The maximum Gasteiger partial charge on any atom is 0.250 e. The van der Waals surface area contributed by atoms with Crippen LogP contribution >= 0.6 is 0 Å². The first-order valence-corrected chi connectivity index (χ1v) is 12.1. The third-order valence-corrected chi connectivity index (χ3v) is 7.04. The van der Waals surface area contributed by atoms with E-state index in [9.17, 15) is 14.3 Å². The minimum absolute atomic E-state index is 0.174. The molecule has 182 valence electrons. The molecule has 0 aliphatic heterocycles. The molecule has 0 spiro atoms. The highest BCUT2D eigenvalue weighted by atomic mass is 19.1. The summed E-state index contributed by atoms with van der Waals surface area (Å²) in [6, 6.07) is 18.3. The molecule has 0 atom stereocenters. The first-order chi connectivity index (χ1) is 17.5. The number of rotatable bonds is 5. The van der Waals surface area contributed by atoms with Crippen LogP contribution in [0.4, 0.5) is 10.1 Å². The number of aromatic amines is 1. The maximum atomic E-state index is 13.7. The van der Waals surface area contributed by atoms with Crippen LogP contribution in [-0.4, -0.2) is 37.7 Å². The summed E-state index contributed by atoms with van der Waals surface area (Å²) in [5.41, 5.74) is 10.9.